The van der Waals surface area contributed by atoms with Crippen molar-refractivity contribution in [1.82, 2.24) is 10.2 Å². The zero-order valence-corrected chi connectivity index (χ0v) is 15.3. The number of benzene rings is 1. The highest BCUT2D eigenvalue weighted by Gasteiger charge is 2.28. The van der Waals surface area contributed by atoms with Gasteiger partial charge in [0.25, 0.3) is 0 Å². The fourth-order valence-electron chi connectivity index (χ4n) is 2.53. The quantitative estimate of drug-likeness (QED) is 0.388. The van der Waals surface area contributed by atoms with E-state index in [-0.39, 0.29) is 24.3 Å². The van der Waals surface area contributed by atoms with E-state index in [0.717, 1.165) is 5.56 Å². The van der Waals surface area contributed by atoms with Crippen molar-refractivity contribution in [3.8, 4) is 0 Å². The third kappa shape index (κ3) is 6.51. The molecule has 1 aliphatic heterocycles. The van der Waals surface area contributed by atoms with Gasteiger partial charge in [-0.2, -0.15) is 0 Å². The summed E-state index contributed by atoms with van der Waals surface area (Å²) in [6, 6.07) is 8.20. The van der Waals surface area contributed by atoms with E-state index in [0.29, 0.717) is 45.4 Å². The Labute approximate surface area is 152 Å². The van der Waals surface area contributed by atoms with Crippen molar-refractivity contribution in [3.05, 3.63) is 29.8 Å². The summed E-state index contributed by atoms with van der Waals surface area (Å²) >= 11 is 1.69. The molecular formula is C18H24N2O4S. The smallest absolute Gasteiger partial charge is 0.229 e. The van der Waals surface area contributed by atoms with E-state index in [4.69, 9.17) is 4.74 Å². The molecule has 0 saturated carbocycles. The van der Waals surface area contributed by atoms with E-state index in [1.807, 2.05) is 18.4 Å². The Morgan fingerprint density at radius 2 is 1.84 bits per heavy atom. The molecule has 0 aromatic heterocycles. The van der Waals surface area contributed by atoms with Crippen molar-refractivity contribution in [2.45, 2.75) is 30.6 Å². The van der Waals surface area contributed by atoms with Crippen LogP contribution in [0.2, 0.25) is 0 Å². The zero-order chi connectivity index (χ0) is 18.1. The molecule has 1 fully saturated rings. The molecule has 0 unspecified atom stereocenters. The third-order valence-corrected chi connectivity index (χ3v) is 4.73. The number of thioether (sulfide) groups is 1. The normalized spacial score (nSPS) is 14.2. The van der Waals surface area contributed by atoms with Gasteiger partial charge in [0, 0.05) is 30.7 Å². The number of aryl methyl sites for hydroxylation is 1. The lowest BCUT2D eigenvalue weighted by atomic mass is 10.1. The minimum atomic E-state index is -0.132. The van der Waals surface area contributed by atoms with Crippen molar-refractivity contribution in [3.63, 3.8) is 0 Å². The highest BCUT2D eigenvalue weighted by atomic mass is 32.2. The lowest BCUT2D eigenvalue weighted by Gasteiger charge is -2.13. The fraction of sp³-hybridized carbons (Fsp3) is 0.500. The van der Waals surface area contributed by atoms with Crippen LogP contribution in [-0.4, -0.2) is 55.2 Å². The van der Waals surface area contributed by atoms with Crippen molar-refractivity contribution < 1.29 is 19.1 Å². The summed E-state index contributed by atoms with van der Waals surface area (Å²) in [5.74, 6) is -0.276. The monoisotopic (exact) mass is 364 g/mol. The number of nitrogens with one attached hydrogen (secondary N) is 1. The molecule has 0 spiro atoms. The minimum Gasteiger partial charge on any atom is -0.378 e. The Morgan fingerprint density at radius 3 is 2.48 bits per heavy atom. The van der Waals surface area contributed by atoms with Crippen LogP contribution in [0.5, 0.6) is 0 Å². The molecule has 2 rings (SSSR count). The second-order valence-corrected chi connectivity index (χ2v) is 6.63. The molecule has 1 aromatic rings. The van der Waals surface area contributed by atoms with Crippen molar-refractivity contribution in [2.24, 2.45) is 0 Å². The first-order valence-electron chi connectivity index (χ1n) is 8.40. The summed E-state index contributed by atoms with van der Waals surface area (Å²) < 4.78 is 5.37. The summed E-state index contributed by atoms with van der Waals surface area (Å²) in [6.45, 7) is 1.38. The maximum Gasteiger partial charge on any atom is 0.229 e. The largest absolute Gasteiger partial charge is 0.378 e. The first-order chi connectivity index (χ1) is 12.1. The van der Waals surface area contributed by atoms with Crippen molar-refractivity contribution in [2.75, 3.05) is 32.6 Å². The average Bonchev–Trinajstić information content (AvgIpc) is 2.95. The highest BCUT2D eigenvalue weighted by molar-refractivity contribution is 7.98. The Bertz CT molecular complexity index is 588. The van der Waals surface area contributed by atoms with Gasteiger partial charge in [-0.3, -0.25) is 19.3 Å². The second kappa shape index (κ2) is 10.2. The maximum absolute atomic E-state index is 11.8. The summed E-state index contributed by atoms with van der Waals surface area (Å²) in [5.41, 5.74) is 1.14. The van der Waals surface area contributed by atoms with E-state index in [1.165, 1.54) is 9.80 Å². The Kier molecular flexibility index (Phi) is 7.94. The summed E-state index contributed by atoms with van der Waals surface area (Å²) in [5, 5.41) is 2.81. The third-order valence-electron chi connectivity index (χ3n) is 3.98. The molecule has 7 heteroatoms. The van der Waals surface area contributed by atoms with Crippen LogP contribution in [0, 0.1) is 0 Å². The van der Waals surface area contributed by atoms with Gasteiger partial charge < -0.3 is 10.1 Å². The van der Waals surface area contributed by atoms with Gasteiger partial charge in [0.05, 0.1) is 19.8 Å². The van der Waals surface area contributed by atoms with Gasteiger partial charge in [-0.05, 0) is 30.4 Å². The molecule has 0 atom stereocenters. The van der Waals surface area contributed by atoms with Crippen molar-refractivity contribution in [1.29, 1.82) is 0 Å². The van der Waals surface area contributed by atoms with E-state index in [2.05, 4.69) is 17.4 Å². The molecule has 1 aliphatic rings. The Hall–Kier alpha value is -1.86. The number of nitrogens with zero attached hydrogens (tertiary/aromatic N) is 1. The maximum atomic E-state index is 11.8. The van der Waals surface area contributed by atoms with Crippen molar-refractivity contribution >= 4 is 29.5 Å². The zero-order valence-electron chi connectivity index (χ0n) is 14.5. The molecule has 1 saturated heterocycles. The number of likely N-dealkylation sites (tertiary alicyclic amines) is 1. The van der Waals surface area contributed by atoms with Crippen LogP contribution in [-0.2, 0) is 25.5 Å². The average molecular weight is 364 g/mol. The number of carbonyl (C=O) groups excluding carboxylic acids is 3. The standard InChI is InChI=1S/C18H24N2O4S/c1-25-15-5-2-14(3-6-15)4-7-16(21)19-10-12-24-13-11-20-17(22)8-9-18(20)23/h2-3,5-6H,4,7-13H2,1H3,(H,19,21). The number of hydrogen-bond donors (Lipinski definition) is 1. The minimum absolute atomic E-state index is 0.0116. The number of amides is 3. The van der Waals surface area contributed by atoms with E-state index in [1.54, 1.807) is 11.8 Å². The molecule has 0 aliphatic carbocycles. The van der Waals surface area contributed by atoms with E-state index in [9.17, 15) is 14.4 Å². The van der Waals surface area contributed by atoms with Crippen LogP contribution < -0.4 is 5.32 Å². The van der Waals surface area contributed by atoms with Crippen LogP contribution in [0.3, 0.4) is 0 Å². The second-order valence-electron chi connectivity index (χ2n) is 5.75. The molecule has 3 amide bonds. The molecule has 0 bridgehead atoms. The van der Waals surface area contributed by atoms with Crippen LogP contribution in [0.15, 0.2) is 29.2 Å². The molecule has 6 nitrogen and oxygen atoms in total. The molecule has 0 radical (unpaired) electrons. The number of hydrogen-bond acceptors (Lipinski definition) is 5. The molecular weight excluding hydrogens is 340 g/mol. The van der Waals surface area contributed by atoms with E-state index < -0.39 is 0 Å². The van der Waals surface area contributed by atoms with Crippen LogP contribution in [0.25, 0.3) is 0 Å². The predicted octanol–water partition coefficient (Wildman–Crippen LogP) is 1.62. The first kappa shape index (κ1) is 19.5. The van der Waals surface area contributed by atoms with Gasteiger partial charge in [-0.25, -0.2) is 0 Å². The molecule has 136 valence electrons. The summed E-state index contributed by atoms with van der Waals surface area (Å²) in [7, 11) is 0. The number of rotatable bonds is 10. The fourth-order valence-corrected chi connectivity index (χ4v) is 2.94. The van der Waals surface area contributed by atoms with Crippen LogP contribution >= 0.6 is 11.8 Å². The number of imide groups is 1. The van der Waals surface area contributed by atoms with Gasteiger partial charge in [-0.15, -0.1) is 11.8 Å². The van der Waals surface area contributed by atoms with Crippen LogP contribution in [0.4, 0.5) is 0 Å². The number of carbonyl (C=O) groups is 3. The van der Waals surface area contributed by atoms with Gasteiger partial charge >= 0.3 is 0 Å². The van der Waals surface area contributed by atoms with Gasteiger partial charge in [0.2, 0.25) is 17.7 Å². The van der Waals surface area contributed by atoms with Crippen LogP contribution in [0.1, 0.15) is 24.8 Å². The molecule has 1 N–H and O–H groups in total. The number of ether oxygens (including phenoxy) is 1. The van der Waals surface area contributed by atoms with E-state index >= 15 is 0 Å². The van der Waals surface area contributed by atoms with Gasteiger partial charge in [0.15, 0.2) is 0 Å². The van der Waals surface area contributed by atoms with Gasteiger partial charge in [-0.1, -0.05) is 12.1 Å². The summed E-state index contributed by atoms with van der Waals surface area (Å²) in [4.78, 5) is 37.1. The van der Waals surface area contributed by atoms with Gasteiger partial charge in [0.1, 0.15) is 0 Å². The molecule has 1 heterocycles. The first-order valence-corrected chi connectivity index (χ1v) is 9.63. The Morgan fingerprint density at radius 1 is 1.16 bits per heavy atom. The molecule has 1 aromatic carbocycles. The SMILES string of the molecule is CSc1ccc(CCC(=O)NCCOCCN2C(=O)CCC2=O)cc1. The predicted molar refractivity (Wildman–Crippen MR) is 96.3 cm³/mol. The molecule has 25 heavy (non-hydrogen) atoms. The highest BCUT2D eigenvalue weighted by Crippen LogP contribution is 2.15. The lowest BCUT2D eigenvalue weighted by Crippen LogP contribution is -2.33. The Balaban J connectivity index is 1.52. The summed E-state index contributed by atoms with van der Waals surface area (Å²) in [6.07, 6.45) is 3.78. The topological polar surface area (TPSA) is 75.7 Å². The lowest BCUT2D eigenvalue weighted by molar-refractivity contribution is -0.139.